The van der Waals surface area contributed by atoms with E-state index >= 15 is 0 Å². The van der Waals surface area contributed by atoms with Gasteiger partial charge in [-0.05, 0) is 25.0 Å². The average Bonchev–Trinajstić information content (AvgIpc) is 2.37. The molecule has 0 spiro atoms. The van der Waals surface area contributed by atoms with Crippen LogP contribution in [-0.4, -0.2) is 29.5 Å². The van der Waals surface area contributed by atoms with Gasteiger partial charge in [-0.25, -0.2) is 0 Å². The summed E-state index contributed by atoms with van der Waals surface area (Å²) in [5.41, 5.74) is 0.267. The van der Waals surface area contributed by atoms with Crippen molar-refractivity contribution in [3.63, 3.8) is 0 Å². The van der Waals surface area contributed by atoms with Gasteiger partial charge in [0.1, 0.15) is 11.5 Å². The Hall–Kier alpha value is -1.23. The second-order valence-electron chi connectivity index (χ2n) is 3.94. The molecule has 0 heterocycles. The van der Waals surface area contributed by atoms with Gasteiger partial charge in [0, 0.05) is 17.4 Å². The van der Waals surface area contributed by atoms with Gasteiger partial charge < -0.3 is 15.2 Å². The third-order valence-electron chi connectivity index (χ3n) is 2.74. The molecule has 100 valence electrons. The fourth-order valence-corrected chi connectivity index (χ4v) is 2.16. The summed E-state index contributed by atoms with van der Waals surface area (Å²) in [5.74, 6) is 0.194. The number of rotatable bonds is 6. The van der Waals surface area contributed by atoms with Crippen LogP contribution in [0.5, 0.6) is 11.5 Å². The van der Waals surface area contributed by atoms with Crippen LogP contribution in [0.1, 0.15) is 30.1 Å². The largest absolute Gasteiger partial charge is 0.507 e. The van der Waals surface area contributed by atoms with E-state index in [2.05, 4.69) is 21.2 Å². The Bertz CT molecular complexity index is 409. The van der Waals surface area contributed by atoms with Crippen molar-refractivity contribution in [3.8, 4) is 11.5 Å². The van der Waals surface area contributed by atoms with E-state index in [1.54, 1.807) is 12.1 Å². The highest BCUT2D eigenvalue weighted by Gasteiger charge is 2.15. The van der Waals surface area contributed by atoms with Crippen LogP contribution < -0.4 is 10.1 Å². The van der Waals surface area contributed by atoms with Crippen molar-refractivity contribution in [3.05, 3.63) is 23.8 Å². The summed E-state index contributed by atoms with van der Waals surface area (Å²) < 4.78 is 4.97. The lowest BCUT2D eigenvalue weighted by molar-refractivity contribution is 0.0932. The molecule has 0 radical (unpaired) electrons. The minimum Gasteiger partial charge on any atom is -0.507 e. The van der Waals surface area contributed by atoms with Crippen LogP contribution in [0.15, 0.2) is 18.2 Å². The Morgan fingerprint density at radius 1 is 1.56 bits per heavy atom. The Labute approximate surface area is 115 Å². The van der Waals surface area contributed by atoms with E-state index in [1.165, 1.54) is 13.2 Å². The first kappa shape index (κ1) is 14.8. The smallest absolute Gasteiger partial charge is 0.255 e. The summed E-state index contributed by atoms with van der Waals surface area (Å²) >= 11 is 3.35. The van der Waals surface area contributed by atoms with Gasteiger partial charge >= 0.3 is 0 Å². The van der Waals surface area contributed by atoms with Crippen LogP contribution in [0.4, 0.5) is 0 Å². The zero-order valence-electron chi connectivity index (χ0n) is 10.6. The van der Waals surface area contributed by atoms with Gasteiger partial charge in [0.2, 0.25) is 0 Å². The molecule has 18 heavy (non-hydrogen) atoms. The number of aromatic hydroxyl groups is 1. The average molecular weight is 316 g/mol. The summed E-state index contributed by atoms with van der Waals surface area (Å²) in [6, 6.07) is 4.75. The lowest BCUT2D eigenvalue weighted by atomic mass is 10.1. The number of hydrogen-bond donors (Lipinski definition) is 2. The van der Waals surface area contributed by atoms with E-state index in [1.807, 2.05) is 6.92 Å². The number of halogens is 1. The van der Waals surface area contributed by atoms with Gasteiger partial charge in [0.05, 0.1) is 12.7 Å². The number of ether oxygens (including phenoxy) is 1. The summed E-state index contributed by atoms with van der Waals surface area (Å²) in [5, 5.41) is 13.5. The highest BCUT2D eigenvalue weighted by molar-refractivity contribution is 9.09. The molecule has 1 amide bonds. The number of amides is 1. The molecule has 0 saturated carbocycles. The molecule has 0 aliphatic carbocycles. The maximum absolute atomic E-state index is 12.0. The lowest BCUT2D eigenvalue weighted by Crippen LogP contribution is -2.34. The second-order valence-corrected chi connectivity index (χ2v) is 4.73. The number of nitrogens with one attached hydrogen (secondary N) is 1. The first-order valence-electron chi connectivity index (χ1n) is 5.86. The number of alkyl halides is 1. The number of carbonyl (C=O) groups excluding carboxylic acids is 1. The molecule has 0 bridgehead atoms. The SMILES string of the molecule is CCC(CCBr)NC(=O)c1ccc(OC)cc1O. The predicted molar refractivity (Wildman–Crippen MR) is 74.6 cm³/mol. The molecule has 1 unspecified atom stereocenters. The number of methoxy groups -OCH3 is 1. The zero-order valence-corrected chi connectivity index (χ0v) is 12.2. The van der Waals surface area contributed by atoms with Crippen molar-refractivity contribution in [2.45, 2.75) is 25.8 Å². The van der Waals surface area contributed by atoms with E-state index < -0.39 is 0 Å². The maximum atomic E-state index is 12.0. The first-order valence-corrected chi connectivity index (χ1v) is 6.98. The van der Waals surface area contributed by atoms with E-state index in [9.17, 15) is 9.90 Å². The Morgan fingerprint density at radius 2 is 2.28 bits per heavy atom. The summed E-state index contributed by atoms with van der Waals surface area (Å²) in [6.07, 6.45) is 1.72. The third kappa shape index (κ3) is 3.91. The predicted octanol–water partition coefficient (Wildman–Crippen LogP) is 2.69. The van der Waals surface area contributed by atoms with Gasteiger partial charge in [-0.1, -0.05) is 22.9 Å². The van der Waals surface area contributed by atoms with Crippen molar-refractivity contribution >= 4 is 21.8 Å². The molecule has 0 aromatic heterocycles. The quantitative estimate of drug-likeness (QED) is 0.793. The van der Waals surface area contributed by atoms with Crippen LogP contribution in [0.3, 0.4) is 0 Å². The summed E-state index contributed by atoms with van der Waals surface area (Å²) in [6.45, 7) is 2.02. The molecule has 1 atom stereocenters. The van der Waals surface area contributed by atoms with E-state index in [0.29, 0.717) is 5.75 Å². The number of carbonyl (C=O) groups is 1. The molecule has 1 aromatic rings. The van der Waals surface area contributed by atoms with Crippen LogP contribution in [0.2, 0.25) is 0 Å². The van der Waals surface area contributed by atoms with Gasteiger partial charge in [0.15, 0.2) is 0 Å². The number of phenols is 1. The maximum Gasteiger partial charge on any atom is 0.255 e. The molecule has 1 aromatic carbocycles. The van der Waals surface area contributed by atoms with E-state index in [0.717, 1.165) is 18.2 Å². The number of hydrogen-bond acceptors (Lipinski definition) is 3. The first-order chi connectivity index (χ1) is 8.62. The molecule has 0 aliphatic heterocycles. The Kier molecular flexibility index (Phi) is 5.98. The summed E-state index contributed by atoms with van der Waals surface area (Å²) in [4.78, 5) is 12.0. The van der Waals surface area contributed by atoms with Crippen LogP contribution in [0, 0.1) is 0 Å². The van der Waals surface area contributed by atoms with E-state index in [-0.39, 0.29) is 23.3 Å². The summed E-state index contributed by atoms with van der Waals surface area (Å²) in [7, 11) is 1.51. The molecule has 0 fully saturated rings. The van der Waals surface area contributed by atoms with Gasteiger partial charge in [-0.15, -0.1) is 0 Å². The molecule has 2 N–H and O–H groups in total. The number of benzene rings is 1. The fraction of sp³-hybridized carbons (Fsp3) is 0.462. The van der Waals surface area contributed by atoms with Crippen LogP contribution >= 0.6 is 15.9 Å². The fourth-order valence-electron chi connectivity index (χ4n) is 1.60. The Morgan fingerprint density at radius 3 is 2.78 bits per heavy atom. The van der Waals surface area contributed by atoms with Gasteiger partial charge in [-0.2, -0.15) is 0 Å². The molecular formula is C13H18BrNO3. The standard InChI is InChI=1S/C13H18BrNO3/c1-3-9(6-7-14)15-13(17)11-5-4-10(18-2)8-12(11)16/h4-5,8-9,16H,3,6-7H2,1-2H3,(H,15,17). The van der Waals surface area contributed by atoms with Gasteiger partial charge in [0.25, 0.3) is 5.91 Å². The highest BCUT2D eigenvalue weighted by atomic mass is 79.9. The topological polar surface area (TPSA) is 58.6 Å². The monoisotopic (exact) mass is 315 g/mol. The Balaban J connectivity index is 2.77. The molecule has 0 saturated heterocycles. The third-order valence-corrected chi connectivity index (χ3v) is 3.19. The molecule has 1 rings (SSSR count). The van der Waals surface area contributed by atoms with E-state index in [4.69, 9.17) is 4.74 Å². The van der Waals surface area contributed by atoms with Crippen molar-refractivity contribution < 1.29 is 14.6 Å². The highest BCUT2D eigenvalue weighted by Crippen LogP contribution is 2.23. The minimum atomic E-state index is -0.261. The van der Waals surface area contributed by atoms with Crippen molar-refractivity contribution in [2.24, 2.45) is 0 Å². The lowest BCUT2D eigenvalue weighted by Gasteiger charge is -2.16. The molecule has 0 aliphatic rings. The van der Waals surface area contributed by atoms with Gasteiger partial charge in [-0.3, -0.25) is 4.79 Å². The molecule has 5 heteroatoms. The normalized spacial score (nSPS) is 11.9. The molecule has 4 nitrogen and oxygen atoms in total. The van der Waals surface area contributed by atoms with Crippen LogP contribution in [0.25, 0.3) is 0 Å². The van der Waals surface area contributed by atoms with Crippen molar-refractivity contribution in [1.82, 2.24) is 5.32 Å². The van der Waals surface area contributed by atoms with Crippen molar-refractivity contribution in [2.75, 3.05) is 12.4 Å². The minimum absolute atomic E-state index is 0.0689. The molecular weight excluding hydrogens is 298 g/mol. The van der Waals surface area contributed by atoms with Crippen molar-refractivity contribution in [1.29, 1.82) is 0 Å². The van der Waals surface area contributed by atoms with Crippen LogP contribution in [-0.2, 0) is 0 Å². The number of phenolic OH excluding ortho intramolecular Hbond substituents is 1. The second kappa shape index (κ2) is 7.26. The zero-order chi connectivity index (χ0) is 13.5.